The van der Waals surface area contributed by atoms with Gasteiger partial charge in [0.05, 0.1) is 53.2 Å². The number of H-pyrrole nitrogens is 2. The number of aromatic nitrogens is 4. The molecule has 7 aromatic heterocycles. The molecular formula is C31H24N4O4S5. The predicted octanol–water partition coefficient (Wildman–Crippen LogP) is 8.36. The van der Waals surface area contributed by atoms with Crippen molar-refractivity contribution in [3.8, 4) is 60.4 Å². The minimum Gasteiger partial charge on any atom is -0.481 e. The molecule has 0 bridgehead atoms. The van der Waals surface area contributed by atoms with Gasteiger partial charge in [0, 0.05) is 39.0 Å². The lowest BCUT2D eigenvalue weighted by molar-refractivity contribution is -0.136. The number of aromatic amines is 2. The summed E-state index contributed by atoms with van der Waals surface area (Å²) in [7, 11) is 0. The van der Waals surface area contributed by atoms with Gasteiger partial charge in [0.1, 0.15) is 11.6 Å². The molecule has 0 fully saturated rings. The molecular weight excluding hydrogens is 653 g/mol. The molecule has 0 aliphatic carbocycles. The summed E-state index contributed by atoms with van der Waals surface area (Å²) in [5.41, 5.74) is 3.34. The molecule has 222 valence electrons. The fraction of sp³-hybridized carbons (Fsp3) is 0.129. The zero-order valence-electron chi connectivity index (χ0n) is 23.1. The highest BCUT2D eigenvalue weighted by Crippen LogP contribution is 2.48. The highest BCUT2D eigenvalue weighted by Gasteiger charge is 2.20. The minimum absolute atomic E-state index is 0.0479. The zero-order valence-corrected chi connectivity index (χ0v) is 27.2. The number of imidazole rings is 2. The number of carboxylic acids is 1. The normalized spacial score (nSPS) is 11.5. The van der Waals surface area contributed by atoms with Crippen molar-refractivity contribution in [2.24, 2.45) is 0 Å². The highest BCUT2D eigenvalue weighted by atomic mass is 32.1. The smallest absolute Gasteiger partial charge is 0.307 e. The lowest BCUT2D eigenvalue weighted by Gasteiger charge is -1.98. The minimum atomic E-state index is -0.859. The Kier molecular flexibility index (Phi) is 7.93. The van der Waals surface area contributed by atoms with Crippen LogP contribution in [0.25, 0.3) is 60.4 Å². The van der Waals surface area contributed by atoms with Gasteiger partial charge in [-0.25, -0.2) is 9.97 Å². The number of rotatable bonds is 10. The largest absolute Gasteiger partial charge is 0.481 e. The molecule has 44 heavy (non-hydrogen) atoms. The van der Waals surface area contributed by atoms with Gasteiger partial charge >= 0.3 is 5.97 Å². The second-order valence-electron chi connectivity index (χ2n) is 9.98. The number of hydrogen-bond donors (Lipinski definition) is 5. The van der Waals surface area contributed by atoms with E-state index in [2.05, 4.69) is 51.1 Å². The highest BCUT2D eigenvalue weighted by molar-refractivity contribution is 7.30. The van der Waals surface area contributed by atoms with Crippen LogP contribution in [0.1, 0.15) is 22.5 Å². The number of hydrogen-bond acceptors (Lipinski definition) is 10. The van der Waals surface area contributed by atoms with Crippen molar-refractivity contribution >= 4 is 62.7 Å². The van der Waals surface area contributed by atoms with E-state index in [4.69, 9.17) is 0 Å². The summed E-state index contributed by atoms with van der Waals surface area (Å²) < 4.78 is 0. The predicted molar refractivity (Wildman–Crippen MR) is 181 cm³/mol. The molecule has 0 aromatic carbocycles. The van der Waals surface area contributed by atoms with Crippen molar-refractivity contribution in [3.05, 3.63) is 83.4 Å². The maximum atomic E-state index is 11.8. The van der Waals surface area contributed by atoms with E-state index >= 15 is 0 Å². The van der Waals surface area contributed by atoms with Crippen LogP contribution in [0.2, 0.25) is 0 Å². The maximum absolute atomic E-state index is 11.8. The topological polar surface area (TPSA) is 135 Å². The Labute approximate surface area is 271 Å². The average Bonchev–Trinajstić information content (AvgIpc) is 3.83. The van der Waals surface area contributed by atoms with Crippen LogP contribution in [0.5, 0.6) is 0 Å². The lowest BCUT2D eigenvalue weighted by atomic mass is 10.1. The number of thiophene rings is 5. The molecule has 7 rings (SSSR count). The number of aryl methyl sites for hydroxylation is 1. The summed E-state index contributed by atoms with van der Waals surface area (Å²) in [5.74, 6) is 0.601. The van der Waals surface area contributed by atoms with E-state index in [1.807, 2.05) is 24.3 Å². The van der Waals surface area contributed by atoms with Gasteiger partial charge in [0.25, 0.3) is 0 Å². The molecule has 0 amide bonds. The van der Waals surface area contributed by atoms with E-state index < -0.39 is 5.97 Å². The Morgan fingerprint density at radius 3 is 1.68 bits per heavy atom. The quantitative estimate of drug-likeness (QED) is 0.0988. The van der Waals surface area contributed by atoms with Crippen molar-refractivity contribution < 1.29 is 20.1 Å². The van der Waals surface area contributed by atoms with Gasteiger partial charge in [-0.2, -0.15) is 0 Å². The van der Waals surface area contributed by atoms with E-state index in [-0.39, 0.29) is 19.6 Å². The monoisotopic (exact) mass is 676 g/mol. The van der Waals surface area contributed by atoms with Gasteiger partial charge < -0.3 is 25.3 Å². The van der Waals surface area contributed by atoms with Crippen LogP contribution in [0.15, 0.2) is 60.9 Å². The molecule has 0 unspecified atom stereocenters. The van der Waals surface area contributed by atoms with Gasteiger partial charge in [-0.15, -0.1) is 56.7 Å². The Bertz CT molecular complexity index is 2100. The van der Waals surface area contributed by atoms with Crippen molar-refractivity contribution in [2.75, 3.05) is 0 Å². The Morgan fingerprint density at radius 2 is 1.14 bits per heavy atom. The third kappa shape index (κ3) is 5.63. The molecule has 8 nitrogen and oxygen atoms in total. The number of nitrogens with one attached hydrogen (secondary N) is 2. The molecule has 0 radical (unpaired) electrons. The van der Waals surface area contributed by atoms with E-state index in [0.29, 0.717) is 17.2 Å². The zero-order chi connectivity index (χ0) is 30.4. The number of carboxylic acid groups (broad SMARTS) is 1. The molecule has 7 aromatic rings. The van der Waals surface area contributed by atoms with Crippen LogP contribution < -0.4 is 0 Å². The summed E-state index contributed by atoms with van der Waals surface area (Å²) in [6, 6.07) is 16.6. The Hall–Kier alpha value is -3.69. The first kappa shape index (κ1) is 29.0. The van der Waals surface area contributed by atoms with Gasteiger partial charge in [-0.3, -0.25) is 4.79 Å². The van der Waals surface area contributed by atoms with E-state index in [0.717, 1.165) is 50.4 Å². The second kappa shape index (κ2) is 12.0. The molecule has 0 aliphatic heterocycles. The fourth-order valence-electron chi connectivity index (χ4n) is 4.81. The van der Waals surface area contributed by atoms with E-state index in [1.165, 1.54) is 15.3 Å². The summed E-state index contributed by atoms with van der Waals surface area (Å²) in [6.45, 7) is 1.96. The third-order valence-corrected chi connectivity index (χ3v) is 13.3. The Morgan fingerprint density at radius 1 is 0.659 bits per heavy atom. The summed E-state index contributed by atoms with van der Waals surface area (Å²) in [5, 5.41) is 28.4. The molecule has 0 saturated carbocycles. The SMILES string of the molecule is Cc1cc(-c2ccc(-c3ncc(CO)[nH]3)s2)sc1-c1ccc(-c2sc(-c3ccc(-c4ncc(CO)[nH]4)s3)cc2CC(=O)O)s1. The van der Waals surface area contributed by atoms with Gasteiger partial charge in [-0.1, -0.05) is 0 Å². The number of carbonyl (C=O) groups is 1. The molecule has 0 saturated heterocycles. The van der Waals surface area contributed by atoms with Crippen molar-refractivity contribution in [1.29, 1.82) is 0 Å². The molecule has 0 aliphatic rings. The van der Waals surface area contributed by atoms with Crippen LogP contribution in [0, 0.1) is 6.92 Å². The fourth-order valence-corrected chi connectivity index (χ4v) is 10.6. The summed E-state index contributed by atoms with van der Waals surface area (Å²) in [4.78, 5) is 37.6. The third-order valence-electron chi connectivity index (χ3n) is 6.88. The van der Waals surface area contributed by atoms with Crippen molar-refractivity contribution in [3.63, 3.8) is 0 Å². The second-order valence-corrected chi connectivity index (χ2v) is 15.3. The molecule has 7 heterocycles. The van der Waals surface area contributed by atoms with Crippen LogP contribution in [0.3, 0.4) is 0 Å². The first-order valence-electron chi connectivity index (χ1n) is 13.4. The molecule has 5 N–H and O–H groups in total. The number of nitrogens with zero attached hydrogens (tertiary/aromatic N) is 2. The van der Waals surface area contributed by atoms with Crippen molar-refractivity contribution in [1.82, 2.24) is 19.9 Å². The standard InChI is InChI=1S/C31H24N4O4S5/c1-15-8-25(19-2-6-23(40-19)30-32-11-17(13-36)34-30)43-28(15)21-4-5-22(42-21)29-16(10-27(38)39)9-26(44-29)20-3-7-24(41-20)31-33-12-18(14-37)35-31/h2-9,11-12,36-37H,10,13-14H2,1H3,(H,32,34)(H,33,35)(H,38,39). The van der Waals surface area contributed by atoms with Gasteiger partial charge in [0.2, 0.25) is 0 Å². The van der Waals surface area contributed by atoms with E-state index in [9.17, 15) is 20.1 Å². The van der Waals surface area contributed by atoms with E-state index in [1.54, 1.807) is 69.1 Å². The first-order chi connectivity index (χ1) is 21.4. The molecule has 0 spiro atoms. The Balaban J connectivity index is 1.17. The number of aliphatic hydroxyl groups is 2. The van der Waals surface area contributed by atoms with Crippen LogP contribution in [-0.4, -0.2) is 41.2 Å². The first-order valence-corrected chi connectivity index (χ1v) is 17.5. The van der Waals surface area contributed by atoms with Crippen molar-refractivity contribution in [2.45, 2.75) is 26.6 Å². The average molecular weight is 677 g/mol. The van der Waals surface area contributed by atoms with Crippen LogP contribution in [0.4, 0.5) is 0 Å². The molecule has 13 heteroatoms. The van der Waals surface area contributed by atoms with Crippen LogP contribution in [-0.2, 0) is 24.4 Å². The van der Waals surface area contributed by atoms with Crippen LogP contribution >= 0.6 is 56.7 Å². The number of aliphatic carboxylic acids is 1. The summed E-state index contributed by atoms with van der Waals surface area (Å²) >= 11 is 8.29. The molecule has 0 atom stereocenters. The summed E-state index contributed by atoms with van der Waals surface area (Å²) in [6.07, 6.45) is 3.23. The number of aliphatic hydroxyl groups excluding tert-OH is 2. The van der Waals surface area contributed by atoms with Gasteiger partial charge in [0.15, 0.2) is 0 Å². The lowest BCUT2D eigenvalue weighted by Crippen LogP contribution is -1.99. The maximum Gasteiger partial charge on any atom is 0.307 e. The van der Waals surface area contributed by atoms with Gasteiger partial charge in [-0.05, 0) is 66.6 Å².